The average Bonchev–Trinajstić information content (AvgIpc) is 2.16. The molecule has 88 valence electrons. The summed E-state index contributed by atoms with van der Waals surface area (Å²) in [4.78, 5) is 11.6. The molecular formula is C7H11FNO5S-. The van der Waals surface area contributed by atoms with Crippen LogP contribution in [0.5, 0.6) is 0 Å². The summed E-state index contributed by atoms with van der Waals surface area (Å²) in [5.41, 5.74) is 0. The Balaban J connectivity index is 2.46. The first-order valence-electron chi connectivity index (χ1n) is 4.30. The SMILES string of the molecule is O=C(O)N1CCC(F)C(OCS(=O)[O-])C1. The third-order valence-electron chi connectivity index (χ3n) is 2.13. The van der Waals surface area contributed by atoms with Gasteiger partial charge in [-0.05, 0) is 17.5 Å². The summed E-state index contributed by atoms with van der Waals surface area (Å²) < 4.78 is 38.3. The molecule has 1 aliphatic heterocycles. The van der Waals surface area contributed by atoms with Crippen LogP contribution in [0.4, 0.5) is 9.18 Å². The van der Waals surface area contributed by atoms with E-state index in [1.165, 1.54) is 0 Å². The lowest BCUT2D eigenvalue weighted by molar-refractivity contribution is -0.0279. The predicted octanol–water partition coefficient (Wildman–Crippen LogP) is -0.0700. The van der Waals surface area contributed by atoms with Crippen LogP contribution >= 0.6 is 0 Å². The van der Waals surface area contributed by atoms with E-state index in [1.807, 2.05) is 0 Å². The highest BCUT2D eigenvalue weighted by Gasteiger charge is 2.32. The molecule has 3 atom stereocenters. The second-order valence-electron chi connectivity index (χ2n) is 3.16. The number of carboxylic acid groups (broad SMARTS) is 1. The number of hydrogen-bond acceptors (Lipinski definition) is 4. The lowest BCUT2D eigenvalue weighted by Gasteiger charge is -2.33. The van der Waals surface area contributed by atoms with E-state index >= 15 is 0 Å². The maximum Gasteiger partial charge on any atom is 0.407 e. The van der Waals surface area contributed by atoms with Gasteiger partial charge in [-0.25, -0.2) is 9.18 Å². The molecule has 0 bridgehead atoms. The molecule has 0 aromatic rings. The van der Waals surface area contributed by atoms with Gasteiger partial charge in [0, 0.05) is 6.54 Å². The van der Waals surface area contributed by atoms with Gasteiger partial charge < -0.3 is 19.3 Å². The normalized spacial score (nSPS) is 28.8. The van der Waals surface area contributed by atoms with E-state index in [-0.39, 0.29) is 19.5 Å². The van der Waals surface area contributed by atoms with Crippen LogP contribution < -0.4 is 0 Å². The van der Waals surface area contributed by atoms with Crippen molar-refractivity contribution in [2.45, 2.75) is 18.7 Å². The Morgan fingerprint density at radius 3 is 2.93 bits per heavy atom. The van der Waals surface area contributed by atoms with Gasteiger partial charge in [-0.1, -0.05) is 0 Å². The fourth-order valence-corrected chi connectivity index (χ4v) is 1.65. The highest BCUT2D eigenvalue weighted by molar-refractivity contribution is 7.78. The van der Waals surface area contributed by atoms with Crippen LogP contribution in [0.3, 0.4) is 0 Å². The summed E-state index contributed by atoms with van der Waals surface area (Å²) in [7, 11) is 0. The highest BCUT2D eigenvalue weighted by Crippen LogP contribution is 2.17. The van der Waals surface area contributed by atoms with Crippen molar-refractivity contribution in [3.05, 3.63) is 0 Å². The van der Waals surface area contributed by atoms with Crippen LogP contribution in [0.2, 0.25) is 0 Å². The van der Waals surface area contributed by atoms with Crippen molar-refractivity contribution in [1.82, 2.24) is 4.90 Å². The molecule has 1 amide bonds. The lowest BCUT2D eigenvalue weighted by atomic mass is 10.1. The van der Waals surface area contributed by atoms with Crippen molar-refractivity contribution >= 4 is 17.2 Å². The van der Waals surface area contributed by atoms with Crippen LogP contribution in [0.1, 0.15) is 6.42 Å². The molecule has 6 nitrogen and oxygen atoms in total. The number of hydrogen-bond donors (Lipinski definition) is 1. The zero-order valence-corrected chi connectivity index (χ0v) is 8.61. The van der Waals surface area contributed by atoms with Crippen molar-refractivity contribution in [1.29, 1.82) is 0 Å². The summed E-state index contributed by atoms with van der Waals surface area (Å²) >= 11 is -2.41. The van der Waals surface area contributed by atoms with Crippen LogP contribution in [0.25, 0.3) is 0 Å². The maximum atomic E-state index is 13.2. The first-order valence-corrected chi connectivity index (χ1v) is 5.54. The molecule has 0 aliphatic carbocycles. The molecule has 8 heteroatoms. The first kappa shape index (κ1) is 12.3. The number of halogens is 1. The highest BCUT2D eigenvalue weighted by atomic mass is 32.2. The quantitative estimate of drug-likeness (QED) is 0.697. The fraction of sp³-hybridized carbons (Fsp3) is 0.857. The molecule has 0 radical (unpaired) electrons. The largest absolute Gasteiger partial charge is 0.771 e. The summed E-state index contributed by atoms with van der Waals surface area (Å²) in [6, 6.07) is 0. The van der Waals surface area contributed by atoms with E-state index in [0.717, 1.165) is 4.90 Å². The third-order valence-corrected chi connectivity index (χ3v) is 2.46. The Kier molecular flexibility index (Phi) is 4.43. The number of carbonyl (C=O) groups is 1. The average molecular weight is 240 g/mol. The molecule has 1 rings (SSSR count). The molecule has 3 unspecified atom stereocenters. The molecule has 0 saturated carbocycles. The number of piperidine rings is 1. The number of likely N-dealkylation sites (tertiary alicyclic amines) is 1. The summed E-state index contributed by atoms with van der Waals surface area (Å²) in [6.45, 7) is -0.0233. The minimum absolute atomic E-state index is 0.0302. The van der Waals surface area contributed by atoms with Crippen LogP contribution in [-0.4, -0.2) is 56.2 Å². The van der Waals surface area contributed by atoms with Crippen LogP contribution in [0.15, 0.2) is 0 Å². The fourth-order valence-electron chi connectivity index (χ4n) is 1.36. The smallest absolute Gasteiger partial charge is 0.407 e. The number of alkyl halides is 1. The molecule has 0 aromatic carbocycles. The van der Waals surface area contributed by atoms with Crippen LogP contribution in [-0.2, 0) is 15.8 Å². The van der Waals surface area contributed by atoms with E-state index in [9.17, 15) is 17.9 Å². The lowest BCUT2D eigenvalue weighted by Crippen LogP contribution is -2.48. The second-order valence-corrected chi connectivity index (χ2v) is 4.00. The topological polar surface area (TPSA) is 89.9 Å². The van der Waals surface area contributed by atoms with E-state index in [0.29, 0.717) is 0 Å². The summed E-state index contributed by atoms with van der Waals surface area (Å²) in [5, 5.41) is 8.65. The standard InChI is InChI=1S/C7H12FNO5S/c8-5-1-2-9(7(10)11)3-6(5)14-4-15(12)13/h5-6H,1-4H2,(H,10,11)(H,12,13)/p-1. The molecule has 1 N–H and O–H groups in total. The van der Waals surface area contributed by atoms with E-state index < -0.39 is 35.4 Å². The Morgan fingerprint density at radius 1 is 1.73 bits per heavy atom. The Hall–Kier alpha value is -0.730. The molecule has 1 aliphatic rings. The van der Waals surface area contributed by atoms with Crippen molar-refractivity contribution < 1.29 is 27.8 Å². The number of amides is 1. The molecule has 0 spiro atoms. The molecular weight excluding hydrogens is 229 g/mol. The van der Waals surface area contributed by atoms with Gasteiger partial charge in [0.05, 0.1) is 6.54 Å². The predicted molar refractivity (Wildman–Crippen MR) is 47.8 cm³/mol. The summed E-state index contributed by atoms with van der Waals surface area (Å²) in [6.07, 6.45) is -3.43. The number of nitrogens with zero attached hydrogens (tertiary/aromatic N) is 1. The second kappa shape index (κ2) is 5.38. The van der Waals surface area contributed by atoms with Gasteiger partial charge in [-0.2, -0.15) is 0 Å². The van der Waals surface area contributed by atoms with E-state index in [1.54, 1.807) is 0 Å². The van der Waals surface area contributed by atoms with E-state index in [2.05, 4.69) is 0 Å². The van der Waals surface area contributed by atoms with Gasteiger partial charge in [0.2, 0.25) is 0 Å². The first-order chi connectivity index (χ1) is 7.00. The third kappa shape index (κ3) is 3.73. The number of ether oxygens (including phenoxy) is 1. The van der Waals surface area contributed by atoms with Gasteiger partial charge in [-0.3, -0.25) is 4.21 Å². The van der Waals surface area contributed by atoms with Crippen molar-refractivity contribution in [3.63, 3.8) is 0 Å². The molecule has 1 heterocycles. The molecule has 1 fully saturated rings. The minimum Gasteiger partial charge on any atom is -0.771 e. The Morgan fingerprint density at radius 2 is 2.40 bits per heavy atom. The molecule has 1 saturated heterocycles. The monoisotopic (exact) mass is 240 g/mol. The Bertz CT molecular complexity index is 264. The summed E-state index contributed by atoms with van der Waals surface area (Å²) in [5.74, 6) is -0.613. The molecule has 15 heavy (non-hydrogen) atoms. The number of rotatable bonds is 3. The molecule has 0 aromatic heterocycles. The maximum absolute atomic E-state index is 13.2. The van der Waals surface area contributed by atoms with E-state index in [4.69, 9.17) is 9.84 Å². The van der Waals surface area contributed by atoms with Crippen LogP contribution in [0, 0.1) is 0 Å². The van der Waals surface area contributed by atoms with Crippen molar-refractivity contribution in [3.8, 4) is 0 Å². The van der Waals surface area contributed by atoms with Crippen molar-refractivity contribution in [2.24, 2.45) is 0 Å². The zero-order chi connectivity index (χ0) is 11.4. The minimum atomic E-state index is -2.41. The van der Waals surface area contributed by atoms with Crippen molar-refractivity contribution in [2.75, 3.05) is 19.0 Å². The van der Waals surface area contributed by atoms with Gasteiger partial charge in [-0.15, -0.1) is 0 Å². The van der Waals surface area contributed by atoms with Gasteiger partial charge in [0.1, 0.15) is 18.2 Å². The zero-order valence-electron chi connectivity index (χ0n) is 7.80. The Labute approximate surface area is 88.3 Å². The van der Waals surface area contributed by atoms with Gasteiger partial charge in [0.25, 0.3) is 0 Å². The van der Waals surface area contributed by atoms with Gasteiger partial charge in [0.15, 0.2) is 0 Å². The van der Waals surface area contributed by atoms with Gasteiger partial charge >= 0.3 is 6.09 Å².